The monoisotopic (exact) mass is 273 g/mol. The predicted molar refractivity (Wildman–Crippen MR) is 74.6 cm³/mol. The number of hydrogen-bond donors (Lipinski definition) is 0. The molecule has 0 aromatic heterocycles. The lowest BCUT2D eigenvalue weighted by atomic mass is 10.2. The first-order chi connectivity index (χ1) is 9.15. The zero-order chi connectivity index (χ0) is 13.7. The Bertz CT molecular complexity index is 594. The molecular formula is C13H11N3O2S. The van der Waals surface area contributed by atoms with Crippen LogP contribution in [-0.4, -0.2) is 4.92 Å². The van der Waals surface area contributed by atoms with Crippen molar-refractivity contribution in [1.29, 1.82) is 0 Å². The number of rotatable bonds is 4. The number of hydrogen-bond acceptors (Lipinski definition) is 5. The van der Waals surface area contributed by atoms with Gasteiger partial charge in [0.15, 0.2) is 0 Å². The Labute approximate surface area is 114 Å². The van der Waals surface area contributed by atoms with Crippen molar-refractivity contribution in [2.24, 2.45) is 9.63 Å². The Morgan fingerprint density at radius 1 is 1.05 bits per heavy atom. The van der Waals surface area contributed by atoms with Crippen LogP contribution in [0, 0.1) is 17.0 Å². The van der Waals surface area contributed by atoms with Crippen LogP contribution in [0.3, 0.4) is 0 Å². The molecule has 0 saturated carbocycles. The number of aryl methyl sites for hydroxylation is 1. The fourth-order valence-corrected chi connectivity index (χ4v) is 1.84. The Hall–Kier alpha value is -2.21. The third-order valence-corrected chi connectivity index (χ3v) is 3.03. The van der Waals surface area contributed by atoms with Gasteiger partial charge in [-0.25, -0.2) is 0 Å². The van der Waals surface area contributed by atoms with Crippen molar-refractivity contribution < 1.29 is 4.92 Å². The van der Waals surface area contributed by atoms with Crippen LogP contribution >= 0.6 is 11.9 Å². The molecule has 0 radical (unpaired) electrons. The summed E-state index contributed by atoms with van der Waals surface area (Å²) in [5.74, 6) is 0. The second-order valence-corrected chi connectivity index (χ2v) is 4.68. The van der Waals surface area contributed by atoms with Crippen molar-refractivity contribution in [3.05, 3.63) is 64.2 Å². The first kappa shape index (κ1) is 13.2. The maximum atomic E-state index is 10.5. The standard InChI is InChI=1S/C13H11N3O2S/c1-10-2-8-13(9-3-10)19-15-14-11-4-6-12(7-5-11)16(17)18/h2-9H,1H3. The molecule has 0 aliphatic rings. The van der Waals surface area contributed by atoms with Crippen LogP contribution in [0.1, 0.15) is 5.56 Å². The lowest BCUT2D eigenvalue weighted by Gasteiger charge is -1.95. The molecule has 0 amide bonds. The highest BCUT2D eigenvalue weighted by Gasteiger charge is 2.02. The molecule has 19 heavy (non-hydrogen) atoms. The third kappa shape index (κ3) is 3.89. The molecule has 5 nitrogen and oxygen atoms in total. The van der Waals surface area contributed by atoms with Crippen molar-refractivity contribution in [3.63, 3.8) is 0 Å². The highest BCUT2D eigenvalue weighted by Crippen LogP contribution is 2.23. The predicted octanol–water partition coefficient (Wildman–Crippen LogP) is 4.69. The average molecular weight is 273 g/mol. The van der Waals surface area contributed by atoms with Gasteiger partial charge in [0.2, 0.25) is 0 Å². The minimum absolute atomic E-state index is 0.0464. The molecule has 2 rings (SSSR count). The molecule has 0 heterocycles. The van der Waals surface area contributed by atoms with Gasteiger partial charge in [0, 0.05) is 29.0 Å². The molecule has 0 spiro atoms. The van der Waals surface area contributed by atoms with Gasteiger partial charge in [0.05, 0.1) is 10.6 Å². The first-order valence-electron chi connectivity index (χ1n) is 5.54. The van der Waals surface area contributed by atoms with Crippen LogP contribution < -0.4 is 0 Å². The Balaban J connectivity index is 1.98. The number of nitro groups is 1. The van der Waals surface area contributed by atoms with E-state index in [0.29, 0.717) is 5.69 Å². The van der Waals surface area contributed by atoms with Crippen LogP contribution in [0.4, 0.5) is 11.4 Å². The largest absolute Gasteiger partial charge is 0.269 e. The summed E-state index contributed by atoms with van der Waals surface area (Å²) in [6.45, 7) is 2.02. The van der Waals surface area contributed by atoms with Gasteiger partial charge in [-0.3, -0.25) is 10.1 Å². The molecule has 0 aliphatic heterocycles. The van der Waals surface area contributed by atoms with Crippen molar-refractivity contribution in [2.75, 3.05) is 0 Å². The highest BCUT2D eigenvalue weighted by molar-refractivity contribution is 7.97. The van der Waals surface area contributed by atoms with Crippen LogP contribution in [-0.2, 0) is 0 Å². The molecule has 96 valence electrons. The van der Waals surface area contributed by atoms with E-state index in [0.717, 1.165) is 4.90 Å². The second kappa shape index (κ2) is 6.10. The van der Waals surface area contributed by atoms with E-state index in [9.17, 15) is 10.1 Å². The zero-order valence-electron chi connectivity index (χ0n) is 10.2. The third-order valence-electron chi connectivity index (χ3n) is 2.38. The molecule has 0 bridgehead atoms. The molecule has 2 aromatic rings. The van der Waals surface area contributed by atoms with E-state index >= 15 is 0 Å². The van der Waals surface area contributed by atoms with E-state index in [1.165, 1.54) is 29.6 Å². The summed E-state index contributed by atoms with van der Waals surface area (Å²) in [5.41, 5.74) is 1.83. The van der Waals surface area contributed by atoms with Crippen LogP contribution in [0.5, 0.6) is 0 Å². The fourth-order valence-electron chi connectivity index (χ4n) is 1.35. The summed E-state index contributed by atoms with van der Waals surface area (Å²) in [5, 5.41) is 14.5. The highest BCUT2D eigenvalue weighted by atomic mass is 32.2. The summed E-state index contributed by atoms with van der Waals surface area (Å²) >= 11 is 1.26. The second-order valence-electron chi connectivity index (χ2n) is 3.86. The van der Waals surface area contributed by atoms with Gasteiger partial charge in [-0.2, -0.15) is 0 Å². The number of benzene rings is 2. The summed E-state index contributed by atoms with van der Waals surface area (Å²) < 4.78 is 3.99. The number of nitro benzene ring substituents is 1. The van der Waals surface area contributed by atoms with Gasteiger partial charge < -0.3 is 0 Å². The maximum absolute atomic E-state index is 10.5. The van der Waals surface area contributed by atoms with Crippen LogP contribution in [0.15, 0.2) is 63.1 Å². The van der Waals surface area contributed by atoms with Crippen LogP contribution in [0.25, 0.3) is 0 Å². The molecule has 0 N–H and O–H groups in total. The maximum Gasteiger partial charge on any atom is 0.269 e. The van der Waals surface area contributed by atoms with Crippen molar-refractivity contribution in [3.8, 4) is 0 Å². The molecular weight excluding hydrogens is 262 g/mol. The van der Waals surface area contributed by atoms with E-state index < -0.39 is 4.92 Å². The van der Waals surface area contributed by atoms with Gasteiger partial charge in [0.1, 0.15) is 0 Å². The minimum atomic E-state index is -0.442. The minimum Gasteiger partial charge on any atom is -0.258 e. The Morgan fingerprint density at radius 2 is 1.68 bits per heavy atom. The van der Waals surface area contributed by atoms with Gasteiger partial charge in [-0.15, -0.1) is 9.63 Å². The van der Waals surface area contributed by atoms with E-state index in [2.05, 4.69) is 9.63 Å². The SMILES string of the molecule is Cc1ccc(SN=Nc2ccc([N+](=O)[O-])cc2)cc1. The normalized spacial score (nSPS) is 10.8. The molecule has 2 aromatic carbocycles. The fraction of sp³-hybridized carbons (Fsp3) is 0.0769. The van der Waals surface area contributed by atoms with Crippen LogP contribution in [0.2, 0.25) is 0 Å². The molecule has 0 fully saturated rings. The van der Waals surface area contributed by atoms with Gasteiger partial charge in [0.25, 0.3) is 5.69 Å². The lowest BCUT2D eigenvalue weighted by molar-refractivity contribution is -0.384. The summed E-state index contributed by atoms with van der Waals surface area (Å²) in [7, 11) is 0. The number of non-ortho nitro benzene ring substituents is 1. The quantitative estimate of drug-likeness (QED) is 0.351. The van der Waals surface area contributed by atoms with Gasteiger partial charge in [-0.1, -0.05) is 17.7 Å². The molecule has 0 aliphatic carbocycles. The van der Waals surface area contributed by atoms with E-state index in [-0.39, 0.29) is 5.69 Å². The smallest absolute Gasteiger partial charge is 0.258 e. The van der Waals surface area contributed by atoms with Crippen molar-refractivity contribution in [1.82, 2.24) is 0 Å². The average Bonchev–Trinajstić information content (AvgIpc) is 2.41. The lowest BCUT2D eigenvalue weighted by Crippen LogP contribution is -1.85. The summed E-state index contributed by atoms with van der Waals surface area (Å²) in [4.78, 5) is 11.0. The van der Waals surface area contributed by atoms with E-state index in [4.69, 9.17) is 0 Å². The van der Waals surface area contributed by atoms with E-state index in [1.807, 2.05) is 31.2 Å². The Morgan fingerprint density at radius 3 is 2.26 bits per heavy atom. The number of nitrogens with zero attached hydrogens (tertiary/aromatic N) is 3. The molecule has 6 heteroatoms. The Kier molecular flexibility index (Phi) is 4.25. The van der Waals surface area contributed by atoms with Gasteiger partial charge in [-0.05, 0) is 31.2 Å². The zero-order valence-corrected chi connectivity index (χ0v) is 11.0. The van der Waals surface area contributed by atoms with Gasteiger partial charge >= 0.3 is 0 Å². The summed E-state index contributed by atoms with van der Waals surface area (Å²) in [6.07, 6.45) is 0. The van der Waals surface area contributed by atoms with E-state index in [1.54, 1.807) is 12.1 Å². The van der Waals surface area contributed by atoms with Crippen molar-refractivity contribution >= 4 is 23.3 Å². The van der Waals surface area contributed by atoms with Crippen molar-refractivity contribution in [2.45, 2.75) is 11.8 Å². The molecule has 0 unspecified atom stereocenters. The summed E-state index contributed by atoms with van der Waals surface area (Å²) in [6, 6.07) is 13.9. The topological polar surface area (TPSA) is 67.9 Å². The molecule has 0 saturated heterocycles. The first-order valence-corrected chi connectivity index (χ1v) is 6.32. The molecule has 0 atom stereocenters.